The summed E-state index contributed by atoms with van der Waals surface area (Å²) in [5, 5.41) is 16.1. The molecule has 3 nitrogen and oxygen atoms in total. The van der Waals surface area contributed by atoms with Gasteiger partial charge < -0.3 is 10.4 Å². The van der Waals surface area contributed by atoms with Crippen molar-refractivity contribution in [2.75, 3.05) is 0 Å². The largest absolute Gasteiger partial charge is 0.392 e. The first-order chi connectivity index (χ1) is 9.84. The zero-order chi connectivity index (χ0) is 13.8. The van der Waals surface area contributed by atoms with E-state index in [9.17, 15) is 5.11 Å². The fourth-order valence-corrected chi connectivity index (χ4v) is 3.09. The van der Waals surface area contributed by atoms with Gasteiger partial charge in [-0.1, -0.05) is 43.5 Å². The molecule has 1 saturated carbocycles. The fraction of sp³-hybridized carbons (Fsp3) is 0.471. The Bertz CT molecular complexity index is 564. The van der Waals surface area contributed by atoms with E-state index in [2.05, 4.69) is 28.5 Å². The maximum Gasteiger partial charge on any atom is 0.0693 e. The monoisotopic (exact) mass is 270 g/mol. The lowest BCUT2D eigenvalue weighted by atomic mass is 10.0. The van der Waals surface area contributed by atoms with Gasteiger partial charge in [-0.3, -0.25) is 4.98 Å². The maximum atomic E-state index is 10.2. The molecule has 1 aromatic heterocycles. The first-order valence-electron chi connectivity index (χ1n) is 7.57. The van der Waals surface area contributed by atoms with Crippen LogP contribution in [-0.4, -0.2) is 22.2 Å². The third-order valence-corrected chi connectivity index (χ3v) is 4.28. The lowest BCUT2D eigenvalue weighted by Crippen LogP contribution is -2.38. The Morgan fingerprint density at radius 1 is 1.10 bits per heavy atom. The summed E-state index contributed by atoms with van der Waals surface area (Å²) < 4.78 is 0. The molecule has 3 heteroatoms. The fourth-order valence-electron chi connectivity index (χ4n) is 3.09. The maximum absolute atomic E-state index is 10.2. The molecular formula is C17H22N2O. The van der Waals surface area contributed by atoms with Gasteiger partial charge in [0.1, 0.15) is 0 Å². The van der Waals surface area contributed by atoms with E-state index < -0.39 is 0 Å². The van der Waals surface area contributed by atoms with Crippen molar-refractivity contribution in [3.8, 4) is 0 Å². The van der Waals surface area contributed by atoms with Crippen molar-refractivity contribution >= 4 is 10.8 Å². The highest BCUT2D eigenvalue weighted by Gasteiger charge is 2.20. The van der Waals surface area contributed by atoms with E-state index in [0.29, 0.717) is 0 Å². The Kier molecular flexibility index (Phi) is 4.28. The summed E-state index contributed by atoms with van der Waals surface area (Å²) in [5.41, 5.74) is 1.21. The summed E-state index contributed by atoms with van der Waals surface area (Å²) in [7, 11) is 0. The Morgan fingerprint density at radius 3 is 2.90 bits per heavy atom. The van der Waals surface area contributed by atoms with Gasteiger partial charge in [0.2, 0.25) is 0 Å². The van der Waals surface area contributed by atoms with Crippen LogP contribution >= 0.6 is 0 Å². The highest BCUT2D eigenvalue weighted by molar-refractivity contribution is 5.84. The molecule has 2 aromatic rings. The third-order valence-electron chi connectivity index (χ3n) is 4.28. The van der Waals surface area contributed by atoms with Crippen molar-refractivity contribution in [2.45, 2.75) is 50.8 Å². The number of nitrogens with zero attached hydrogens (tertiary/aromatic N) is 1. The van der Waals surface area contributed by atoms with Crippen LogP contribution in [0.25, 0.3) is 10.8 Å². The molecule has 2 unspecified atom stereocenters. The average molecular weight is 270 g/mol. The topological polar surface area (TPSA) is 45.1 Å². The van der Waals surface area contributed by atoms with Crippen LogP contribution in [-0.2, 0) is 6.54 Å². The number of fused-ring (bicyclic) bond motifs is 1. The zero-order valence-corrected chi connectivity index (χ0v) is 11.8. The Hall–Kier alpha value is -1.45. The number of benzene rings is 1. The van der Waals surface area contributed by atoms with Crippen LogP contribution in [0.15, 0.2) is 36.7 Å². The molecule has 0 radical (unpaired) electrons. The molecule has 0 spiro atoms. The number of aliphatic hydroxyl groups is 1. The number of aromatic nitrogens is 1. The number of pyridine rings is 1. The number of hydrogen-bond donors (Lipinski definition) is 2. The SMILES string of the molecule is OC1CCCCCC1NCc1cncc2ccccc12. The van der Waals surface area contributed by atoms with Crippen molar-refractivity contribution in [3.05, 3.63) is 42.2 Å². The van der Waals surface area contributed by atoms with E-state index in [1.807, 2.05) is 18.5 Å². The smallest absolute Gasteiger partial charge is 0.0693 e. The number of nitrogens with one attached hydrogen (secondary N) is 1. The van der Waals surface area contributed by atoms with Crippen LogP contribution in [0.1, 0.15) is 37.7 Å². The summed E-state index contributed by atoms with van der Waals surface area (Å²) in [5.74, 6) is 0. The number of rotatable bonds is 3. The summed E-state index contributed by atoms with van der Waals surface area (Å²) in [6, 6.07) is 8.54. The normalized spacial score (nSPS) is 23.6. The molecule has 2 atom stereocenters. The van der Waals surface area contributed by atoms with Gasteiger partial charge in [-0.2, -0.15) is 0 Å². The van der Waals surface area contributed by atoms with Crippen molar-refractivity contribution in [1.29, 1.82) is 0 Å². The molecule has 0 saturated heterocycles. The lowest BCUT2D eigenvalue weighted by molar-refractivity contribution is 0.119. The Morgan fingerprint density at radius 2 is 1.95 bits per heavy atom. The van der Waals surface area contributed by atoms with Crippen LogP contribution in [0.2, 0.25) is 0 Å². The molecule has 2 N–H and O–H groups in total. The van der Waals surface area contributed by atoms with Crippen molar-refractivity contribution in [1.82, 2.24) is 10.3 Å². The van der Waals surface area contributed by atoms with Crippen molar-refractivity contribution < 1.29 is 5.11 Å². The first kappa shape index (κ1) is 13.5. The summed E-state index contributed by atoms with van der Waals surface area (Å²) in [6.45, 7) is 0.774. The number of hydrogen-bond acceptors (Lipinski definition) is 3. The quantitative estimate of drug-likeness (QED) is 0.843. The van der Waals surface area contributed by atoms with Crippen molar-refractivity contribution in [3.63, 3.8) is 0 Å². The summed E-state index contributed by atoms with van der Waals surface area (Å²) in [4.78, 5) is 4.31. The van der Waals surface area contributed by atoms with E-state index >= 15 is 0 Å². The molecule has 1 heterocycles. The van der Waals surface area contributed by atoms with E-state index in [4.69, 9.17) is 0 Å². The molecule has 1 aliphatic carbocycles. The molecule has 1 fully saturated rings. The molecule has 20 heavy (non-hydrogen) atoms. The molecular weight excluding hydrogens is 248 g/mol. The number of aliphatic hydroxyl groups excluding tert-OH is 1. The van der Waals surface area contributed by atoms with Crippen LogP contribution in [0.3, 0.4) is 0 Å². The van der Waals surface area contributed by atoms with Gasteiger partial charge in [0.25, 0.3) is 0 Å². The second kappa shape index (κ2) is 6.33. The standard InChI is InChI=1S/C17H22N2O/c20-17-9-3-1-2-8-16(17)19-12-14-11-18-10-13-6-4-5-7-15(13)14/h4-7,10-11,16-17,19-20H,1-3,8-9,12H2. The molecule has 0 amide bonds. The van der Waals surface area contributed by atoms with Gasteiger partial charge in [0.05, 0.1) is 6.10 Å². The third kappa shape index (κ3) is 3.00. The lowest BCUT2D eigenvalue weighted by Gasteiger charge is -2.22. The molecule has 1 aliphatic rings. The van der Waals surface area contributed by atoms with Gasteiger partial charge in [0, 0.05) is 30.4 Å². The van der Waals surface area contributed by atoms with Crippen LogP contribution < -0.4 is 5.32 Å². The van der Waals surface area contributed by atoms with E-state index in [0.717, 1.165) is 25.8 Å². The van der Waals surface area contributed by atoms with Crippen LogP contribution in [0.5, 0.6) is 0 Å². The van der Waals surface area contributed by atoms with Gasteiger partial charge in [-0.25, -0.2) is 0 Å². The molecule has 1 aromatic carbocycles. The van der Waals surface area contributed by atoms with Gasteiger partial charge in [-0.15, -0.1) is 0 Å². The van der Waals surface area contributed by atoms with Crippen LogP contribution in [0.4, 0.5) is 0 Å². The van der Waals surface area contributed by atoms with E-state index in [1.165, 1.54) is 29.2 Å². The second-order valence-electron chi connectivity index (χ2n) is 5.71. The predicted octanol–water partition coefficient (Wildman–Crippen LogP) is 3.02. The molecule has 0 aliphatic heterocycles. The predicted molar refractivity (Wildman–Crippen MR) is 81.5 cm³/mol. The minimum atomic E-state index is -0.208. The highest BCUT2D eigenvalue weighted by Crippen LogP contribution is 2.20. The molecule has 106 valence electrons. The first-order valence-corrected chi connectivity index (χ1v) is 7.57. The minimum Gasteiger partial charge on any atom is -0.392 e. The minimum absolute atomic E-state index is 0.208. The van der Waals surface area contributed by atoms with Crippen LogP contribution in [0, 0.1) is 0 Å². The highest BCUT2D eigenvalue weighted by atomic mass is 16.3. The molecule has 0 bridgehead atoms. The summed E-state index contributed by atoms with van der Waals surface area (Å²) in [6.07, 6.45) is 9.21. The second-order valence-corrected chi connectivity index (χ2v) is 5.71. The Labute approximate surface area is 120 Å². The van der Waals surface area contributed by atoms with Gasteiger partial charge >= 0.3 is 0 Å². The van der Waals surface area contributed by atoms with Crippen molar-refractivity contribution in [2.24, 2.45) is 0 Å². The zero-order valence-electron chi connectivity index (χ0n) is 11.8. The average Bonchev–Trinajstić information content (AvgIpc) is 2.69. The molecule has 3 rings (SSSR count). The van der Waals surface area contributed by atoms with Gasteiger partial charge in [-0.05, 0) is 23.8 Å². The van der Waals surface area contributed by atoms with E-state index in [-0.39, 0.29) is 12.1 Å². The van der Waals surface area contributed by atoms with Gasteiger partial charge in [0.15, 0.2) is 0 Å². The Balaban J connectivity index is 1.73. The summed E-state index contributed by atoms with van der Waals surface area (Å²) >= 11 is 0. The van der Waals surface area contributed by atoms with E-state index in [1.54, 1.807) is 0 Å².